The molecule has 1 aliphatic carbocycles. The molecule has 7 heteroatoms. The first kappa shape index (κ1) is 19.9. The van der Waals surface area contributed by atoms with Gasteiger partial charge < -0.3 is 10.3 Å². The van der Waals surface area contributed by atoms with Crippen LogP contribution in [0.15, 0.2) is 41.4 Å². The Labute approximate surface area is 172 Å². The van der Waals surface area contributed by atoms with Gasteiger partial charge in [0.2, 0.25) is 0 Å². The highest BCUT2D eigenvalue weighted by Gasteiger charge is 2.25. The molecule has 1 aliphatic rings. The number of hydrogen-bond donors (Lipinski definition) is 1. The number of sulfone groups is 1. The summed E-state index contributed by atoms with van der Waals surface area (Å²) in [6, 6.07) is 8.69. The Morgan fingerprint density at radius 3 is 2.62 bits per heavy atom. The lowest BCUT2D eigenvalue weighted by atomic mass is 10.2. The lowest BCUT2D eigenvalue weighted by Gasteiger charge is -2.11. The number of benzene rings is 1. The maximum atomic E-state index is 12.4. The maximum Gasteiger partial charge on any atom is 0.178 e. The van der Waals surface area contributed by atoms with Crippen molar-refractivity contribution in [3.05, 3.63) is 47.9 Å². The average Bonchev–Trinajstić information content (AvgIpc) is 3.45. The summed E-state index contributed by atoms with van der Waals surface area (Å²) in [4.78, 5) is 9.48. The van der Waals surface area contributed by atoms with Crippen LogP contribution < -0.4 is 5.73 Å². The summed E-state index contributed by atoms with van der Waals surface area (Å²) in [5.74, 6) is 2.49. The second-order valence-corrected chi connectivity index (χ2v) is 10.2. The van der Waals surface area contributed by atoms with Gasteiger partial charge in [-0.1, -0.05) is 24.6 Å². The molecule has 0 spiro atoms. The molecule has 0 bridgehead atoms. The van der Waals surface area contributed by atoms with Gasteiger partial charge in [0.25, 0.3) is 0 Å². The summed E-state index contributed by atoms with van der Waals surface area (Å²) >= 11 is 0. The molecule has 0 atom stereocenters. The Bertz CT molecular complexity index is 1100. The minimum Gasteiger partial charge on any atom is -0.382 e. The van der Waals surface area contributed by atoms with Crippen LogP contribution >= 0.6 is 0 Å². The Balaban J connectivity index is 1.42. The van der Waals surface area contributed by atoms with Crippen LogP contribution in [0.3, 0.4) is 0 Å². The monoisotopic (exact) mass is 412 g/mol. The summed E-state index contributed by atoms with van der Waals surface area (Å²) in [6.07, 6.45) is 7.76. The van der Waals surface area contributed by atoms with Crippen molar-refractivity contribution >= 4 is 26.7 Å². The van der Waals surface area contributed by atoms with Crippen LogP contribution in [0.2, 0.25) is 0 Å². The number of nitrogen functional groups attached to an aromatic ring is 1. The topological polar surface area (TPSA) is 90.9 Å². The van der Waals surface area contributed by atoms with Crippen LogP contribution in [0.5, 0.6) is 0 Å². The molecule has 29 heavy (non-hydrogen) atoms. The fourth-order valence-corrected chi connectivity index (χ4v) is 5.22. The van der Waals surface area contributed by atoms with Gasteiger partial charge >= 0.3 is 0 Å². The van der Waals surface area contributed by atoms with Crippen molar-refractivity contribution in [3.63, 3.8) is 0 Å². The average molecular weight is 413 g/mol. The van der Waals surface area contributed by atoms with E-state index in [1.165, 1.54) is 12.8 Å². The highest BCUT2D eigenvalue weighted by Crippen LogP contribution is 2.34. The largest absolute Gasteiger partial charge is 0.382 e. The molecule has 4 rings (SSSR count). The fourth-order valence-electron chi connectivity index (χ4n) is 3.83. The lowest BCUT2D eigenvalue weighted by Crippen LogP contribution is -2.08. The van der Waals surface area contributed by atoms with E-state index in [9.17, 15) is 8.42 Å². The van der Waals surface area contributed by atoms with Gasteiger partial charge in [0, 0.05) is 19.2 Å². The predicted octanol–water partition coefficient (Wildman–Crippen LogP) is 3.92. The zero-order valence-corrected chi connectivity index (χ0v) is 17.7. The van der Waals surface area contributed by atoms with Gasteiger partial charge in [0.15, 0.2) is 15.7 Å². The summed E-state index contributed by atoms with van der Waals surface area (Å²) in [5.41, 5.74) is 9.03. The number of unbranched alkanes of at least 4 members (excludes halogenated alkanes) is 2. The molecule has 0 radical (unpaired) electrons. The fraction of sp³-hybridized carbons (Fsp3) is 0.455. The van der Waals surface area contributed by atoms with Crippen LogP contribution in [0.4, 0.5) is 5.82 Å². The Morgan fingerprint density at radius 1 is 1.14 bits per heavy atom. The minimum atomic E-state index is -3.20. The number of rotatable bonds is 9. The molecule has 0 saturated heterocycles. The number of pyridine rings is 1. The summed E-state index contributed by atoms with van der Waals surface area (Å²) in [7, 11) is -3.20. The van der Waals surface area contributed by atoms with E-state index in [4.69, 9.17) is 10.7 Å². The van der Waals surface area contributed by atoms with Gasteiger partial charge in [-0.25, -0.2) is 18.4 Å². The van der Waals surface area contributed by atoms with Crippen LogP contribution in [0, 0.1) is 12.8 Å². The Kier molecular flexibility index (Phi) is 5.58. The summed E-state index contributed by atoms with van der Waals surface area (Å²) in [6.45, 7) is 2.87. The number of anilines is 1. The molecule has 0 aliphatic heterocycles. The van der Waals surface area contributed by atoms with E-state index in [-0.39, 0.29) is 5.75 Å². The molecule has 1 fully saturated rings. The third-order valence-electron chi connectivity index (χ3n) is 5.63. The highest BCUT2D eigenvalue weighted by molar-refractivity contribution is 7.91. The van der Waals surface area contributed by atoms with Gasteiger partial charge in [-0.15, -0.1) is 0 Å². The lowest BCUT2D eigenvalue weighted by molar-refractivity contribution is 0.569. The van der Waals surface area contributed by atoms with Crippen LogP contribution in [-0.2, 0) is 22.8 Å². The van der Waals surface area contributed by atoms with E-state index >= 15 is 0 Å². The van der Waals surface area contributed by atoms with Crippen molar-refractivity contribution in [1.82, 2.24) is 14.5 Å². The van der Waals surface area contributed by atoms with Crippen molar-refractivity contribution in [3.8, 4) is 0 Å². The number of aromatic nitrogens is 3. The number of nitrogens with zero attached hydrogens (tertiary/aromatic N) is 3. The summed E-state index contributed by atoms with van der Waals surface area (Å²) in [5, 5.41) is 0. The van der Waals surface area contributed by atoms with E-state index in [1.807, 2.05) is 19.2 Å². The molecule has 6 nitrogen and oxygen atoms in total. The van der Waals surface area contributed by atoms with E-state index in [0.717, 1.165) is 54.1 Å². The normalized spacial score (nSPS) is 14.5. The smallest absolute Gasteiger partial charge is 0.178 e. The Hall–Kier alpha value is -2.41. The molecular formula is C22H28N4O2S. The van der Waals surface area contributed by atoms with Crippen molar-refractivity contribution in [2.75, 3.05) is 11.5 Å². The molecule has 0 amide bonds. The first-order valence-electron chi connectivity index (χ1n) is 10.3. The van der Waals surface area contributed by atoms with Crippen LogP contribution in [0.1, 0.15) is 43.5 Å². The number of hydrogen-bond acceptors (Lipinski definition) is 5. The molecule has 1 saturated carbocycles. The van der Waals surface area contributed by atoms with E-state index < -0.39 is 9.84 Å². The van der Waals surface area contributed by atoms with Gasteiger partial charge in [-0.3, -0.25) is 0 Å². The van der Waals surface area contributed by atoms with Gasteiger partial charge in [0.1, 0.15) is 11.3 Å². The molecule has 0 unspecified atom stereocenters. The second kappa shape index (κ2) is 8.14. The first-order chi connectivity index (χ1) is 14.0. The number of aryl methyl sites for hydroxylation is 2. The third-order valence-corrected chi connectivity index (χ3v) is 7.44. The Morgan fingerprint density at radius 2 is 1.90 bits per heavy atom. The van der Waals surface area contributed by atoms with Crippen molar-refractivity contribution in [2.24, 2.45) is 5.92 Å². The predicted molar refractivity (Wildman–Crippen MR) is 115 cm³/mol. The maximum absolute atomic E-state index is 12.4. The van der Waals surface area contributed by atoms with Gasteiger partial charge in [-0.05, 0) is 56.2 Å². The minimum absolute atomic E-state index is 0.187. The third kappa shape index (κ3) is 4.45. The van der Waals surface area contributed by atoms with E-state index in [2.05, 4.69) is 9.55 Å². The molecular weight excluding hydrogens is 384 g/mol. The zero-order valence-electron chi connectivity index (χ0n) is 16.8. The van der Waals surface area contributed by atoms with Crippen LogP contribution in [-0.4, -0.2) is 28.7 Å². The number of fused-ring (bicyclic) bond motifs is 1. The molecule has 2 N–H and O–H groups in total. The van der Waals surface area contributed by atoms with Gasteiger partial charge in [0.05, 0.1) is 16.2 Å². The van der Waals surface area contributed by atoms with Crippen LogP contribution in [0.25, 0.3) is 11.0 Å². The van der Waals surface area contributed by atoms with E-state index in [0.29, 0.717) is 17.1 Å². The van der Waals surface area contributed by atoms with Gasteiger partial charge in [-0.2, -0.15) is 0 Å². The standard InChI is InChI=1S/C22H28N4O2S/c1-16-15-24-22(23)20-21(16)26(19(25-20)14-17-10-11-17)12-6-3-7-13-29(27,28)18-8-4-2-5-9-18/h2,4-5,8-9,15,17H,3,6-7,10-14H2,1H3,(H2,23,24). The summed E-state index contributed by atoms with van der Waals surface area (Å²) < 4.78 is 27.1. The highest BCUT2D eigenvalue weighted by atomic mass is 32.2. The molecule has 1 aromatic carbocycles. The molecule has 2 aromatic heterocycles. The van der Waals surface area contributed by atoms with Crippen molar-refractivity contribution in [1.29, 1.82) is 0 Å². The number of imidazole rings is 1. The first-order valence-corrected chi connectivity index (χ1v) is 12.0. The quantitative estimate of drug-likeness (QED) is 0.538. The molecule has 3 aromatic rings. The number of nitrogens with two attached hydrogens (primary N) is 1. The van der Waals surface area contributed by atoms with Crippen molar-refractivity contribution < 1.29 is 8.42 Å². The van der Waals surface area contributed by atoms with E-state index in [1.54, 1.807) is 24.3 Å². The molecule has 154 valence electrons. The second-order valence-electron chi connectivity index (χ2n) is 8.04. The zero-order chi connectivity index (χ0) is 20.4. The SMILES string of the molecule is Cc1cnc(N)c2nc(CC3CC3)n(CCCCCS(=O)(=O)c3ccccc3)c12. The van der Waals surface area contributed by atoms with Crippen molar-refractivity contribution in [2.45, 2.75) is 56.9 Å². The molecule has 2 heterocycles.